The molecule has 5 nitrogen and oxygen atoms in total. The number of nitrogens with one attached hydrogen (secondary N) is 1. The van der Waals surface area contributed by atoms with Crippen molar-refractivity contribution in [2.75, 3.05) is 11.9 Å². The maximum Gasteiger partial charge on any atom is 0.262 e. The standard InChI is InChI=1S/C19H18FN3O2S/c1-13-4-3-5-15(10-13)25-12-18(24)22-16-11-14(20)6-7-17(16)26-19-21-8-9-23(19)2/h3-11H,12H2,1-2H3,(H,22,24). The Bertz CT molecular complexity index is 927. The summed E-state index contributed by atoms with van der Waals surface area (Å²) in [5.41, 5.74) is 1.43. The fourth-order valence-corrected chi connectivity index (χ4v) is 3.15. The summed E-state index contributed by atoms with van der Waals surface area (Å²) in [5, 5.41) is 3.45. The average molecular weight is 371 g/mol. The second kappa shape index (κ2) is 8.05. The number of hydrogen-bond acceptors (Lipinski definition) is 4. The lowest BCUT2D eigenvalue weighted by Crippen LogP contribution is -2.20. The number of aromatic nitrogens is 2. The van der Waals surface area contributed by atoms with Gasteiger partial charge in [-0.15, -0.1) is 0 Å². The lowest BCUT2D eigenvalue weighted by molar-refractivity contribution is -0.118. The van der Waals surface area contributed by atoms with Gasteiger partial charge in [-0.25, -0.2) is 9.37 Å². The van der Waals surface area contributed by atoms with Gasteiger partial charge in [0.1, 0.15) is 11.6 Å². The van der Waals surface area contributed by atoms with E-state index < -0.39 is 5.82 Å². The van der Waals surface area contributed by atoms with E-state index in [1.807, 2.05) is 42.9 Å². The minimum atomic E-state index is -0.427. The molecule has 0 aliphatic heterocycles. The Hall–Kier alpha value is -2.80. The number of imidazole rings is 1. The third-order valence-corrected chi connectivity index (χ3v) is 4.71. The van der Waals surface area contributed by atoms with Gasteiger partial charge in [0, 0.05) is 24.3 Å². The molecule has 1 heterocycles. The molecule has 3 aromatic rings. The zero-order chi connectivity index (χ0) is 18.5. The van der Waals surface area contributed by atoms with Gasteiger partial charge in [-0.1, -0.05) is 12.1 Å². The second-order valence-electron chi connectivity index (χ2n) is 5.72. The van der Waals surface area contributed by atoms with Crippen molar-refractivity contribution >= 4 is 23.4 Å². The molecular formula is C19H18FN3O2S. The number of nitrogens with zero attached hydrogens (tertiary/aromatic N) is 2. The first kappa shape index (κ1) is 18.0. The number of amides is 1. The van der Waals surface area contributed by atoms with E-state index in [9.17, 15) is 9.18 Å². The molecular weight excluding hydrogens is 353 g/mol. The molecule has 1 amide bonds. The molecule has 2 aromatic carbocycles. The molecule has 1 N–H and O–H groups in total. The van der Waals surface area contributed by atoms with Crippen molar-refractivity contribution in [3.8, 4) is 5.75 Å². The molecule has 0 aliphatic carbocycles. The van der Waals surface area contributed by atoms with Crippen LogP contribution < -0.4 is 10.1 Å². The van der Waals surface area contributed by atoms with E-state index >= 15 is 0 Å². The van der Waals surface area contributed by atoms with Gasteiger partial charge in [0.2, 0.25) is 0 Å². The van der Waals surface area contributed by atoms with Crippen molar-refractivity contribution in [3.05, 3.63) is 66.2 Å². The summed E-state index contributed by atoms with van der Waals surface area (Å²) in [7, 11) is 1.87. The lowest BCUT2D eigenvalue weighted by atomic mass is 10.2. The number of hydrogen-bond donors (Lipinski definition) is 1. The van der Waals surface area contributed by atoms with Crippen LogP contribution >= 0.6 is 11.8 Å². The Morgan fingerprint density at radius 2 is 2.15 bits per heavy atom. The highest BCUT2D eigenvalue weighted by molar-refractivity contribution is 7.99. The van der Waals surface area contributed by atoms with E-state index in [4.69, 9.17) is 4.74 Å². The van der Waals surface area contributed by atoms with Gasteiger partial charge in [0.15, 0.2) is 11.8 Å². The summed E-state index contributed by atoms with van der Waals surface area (Å²) < 4.78 is 21.0. The molecule has 26 heavy (non-hydrogen) atoms. The van der Waals surface area contributed by atoms with Gasteiger partial charge in [-0.2, -0.15) is 0 Å². The fourth-order valence-electron chi connectivity index (χ4n) is 2.28. The molecule has 3 rings (SSSR count). The Balaban J connectivity index is 1.69. The molecule has 0 aliphatic rings. The first-order valence-corrected chi connectivity index (χ1v) is 8.77. The number of rotatable bonds is 6. The first-order chi connectivity index (χ1) is 12.5. The maximum absolute atomic E-state index is 13.6. The molecule has 0 atom stereocenters. The van der Waals surface area contributed by atoms with Crippen LogP contribution in [0.3, 0.4) is 0 Å². The molecule has 7 heteroatoms. The topological polar surface area (TPSA) is 56.1 Å². The van der Waals surface area contributed by atoms with Gasteiger partial charge < -0.3 is 14.6 Å². The average Bonchev–Trinajstić information content (AvgIpc) is 3.00. The third kappa shape index (κ3) is 4.64. The number of benzene rings is 2. The number of ether oxygens (including phenoxy) is 1. The zero-order valence-electron chi connectivity index (χ0n) is 14.4. The Kier molecular flexibility index (Phi) is 5.58. The molecule has 0 bridgehead atoms. The van der Waals surface area contributed by atoms with Crippen molar-refractivity contribution < 1.29 is 13.9 Å². The highest BCUT2D eigenvalue weighted by Gasteiger charge is 2.12. The van der Waals surface area contributed by atoms with Gasteiger partial charge >= 0.3 is 0 Å². The van der Waals surface area contributed by atoms with Gasteiger partial charge in [0.25, 0.3) is 5.91 Å². The van der Waals surface area contributed by atoms with Crippen LogP contribution in [-0.2, 0) is 11.8 Å². The highest BCUT2D eigenvalue weighted by Crippen LogP contribution is 2.32. The summed E-state index contributed by atoms with van der Waals surface area (Å²) in [5.74, 6) is -0.176. The number of halogens is 1. The number of carbonyl (C=O) groups is 1. The summed E-state index contributed by atoms with van der Waals surface area (Å²) in [6.07, 6.45) is 3.50. The monoisotopic (exact) mass is 371 g/mol. The minimum Gasteiger partial charge on any atom is -0.484 e. The van der Waals surface area contributed by atoms with Crippen molar-refractivity contribution in [1.82, 2.24) is 9.55 Å². The van der Waals surface area contributed by atoms with Crippen LogP contribution in [0.1, 0.15) is 5.56 Å². The predicted molar refractivity (Wildman–Crippen MR) is 99.0 cm³/mol. The minimum absolute atomic E-state index is 0.160. The normalized spacial score (nSPS) is 10.6. The molecule has 134 valence electrons. The third-order valence-electron chi connectivity index (χ3n) is 3.55. The summed E-state index contributed by atoms with van der Waals surface area (Å²) in [6, 6.07) is 11.7. The van der Waals surface area contributed by atoms with E-state index in [0.29, 0.717) is 16.3 Å². The fraction of sp³-hybridized carbons (Fsp3) is 0.158. The van der Waals surface area contributed by atoms with Crippen molar-refractivity contribution in [1.29, 1.82) is 0 Å². The summed E-state index contributed by atoms with van der Waals surface area (Å²) >= 11 is 1.34. The molecule has 0 fully saturated rings. The van der Waals surface area contributed by atoms with Crippen molar-refractivity contribution in [2.45, 2.75) is 17.0 Å². The van der Waals surface area contributed by atoms with E-state index in [2.05, 4.69) is 10.3 Å². The van der Waals surface area contributed by atoms with Crippen LogP contribution in [0.15, 0.2) is 64.9 Å². The highest BCUT2D eigenvalue weighted by atomic mass is 32.2. The van der Waals surface area contributed by atoms with Crippen molar-refractivity contribution in [3.63, 3.8) is 0 Å². The van der Waals surface area contributed by atoms with E-state index in [0.717, 1.165) is 10.7 Å². The number of anilines is 1. The quantitative estimate of drug-likeness (QED) is 0.711. The van der Waals surface area contributed by atoms with Gasteiger partial charge in [0.05, 0.1) is 5.69 Å². The van der Waals surface area contributed by atoms with Crippen LogP contribution in [0, 0.1) is 12.7 Å². The van der Waals surface area contributed by atoms with E-state index in [1.165, 1.54) is 23.9 Å². The smallest absolute Gasteiger partial charge is 0.262 e. The van der Waals surface area contributed by atoms with Crippen LogP contribution in [0.5, 0.6) is 5.75 Å². The first-order valence-electron chi connectivity index (χ1n) is 7.95. The number of aryl methyl sites for hydroxylation is 2. The maximum atomic E-state index is 13.6. The van der Waals surface area contributed by atoms with Gasteiger partial charge in [-0.3, -0.25) is 4.79 Å². The van der Waals surface area contributed by atoms with Gasteiger partial charge in [-0.05, 0) is 54.6 Å². The summed E-state index contributed by atoms with van der Waals surface area (Å²) in [6.45, 7) is 1.78. The Morgan fingerprint density at radius 1 is 1.31 bits per heavy atom. The van der Waals surface area contributed by atoms with Crippen LogP contribution in [-0.4, -0.2) is 22.1 Å². The van der Waals surface area contributed by atoms with Crippen molar-refractivity contribution in [2.24, 2.45) is 7.05 Å². The van der Waals surface area contributed by atoms with Crippen LogP contribution in [0.4, 0.5) is 10.1 Å². The lowest BCUT2D eigenvalue weighted by Gasteiger charge is -2.12. The molecule has 0 spiro atoms. The molecule has 0 saturated carbocycles. The summed E-state index contributed by atoms with van der Waals surface area (Å²) in [4.78, 5) is 17.1. The molecule has 0 radical (unpaired) electrons. The van der Waals surface area contributed by atoms with E-state index in [-0.39, 0.29) is 12.5 Å². The largest absolute Gasteiger partial charge is 0.484 e. The molecule has 0 saturated heterocycles. The number of carbonyl (C=O) groups excluding carboxylic acids is 1. The van der Waals surface area contributed by atoms with Crippen LogP contribution in [0.25, 0.3) is 0 Å². The van der Waals surface area contributed by atoms with E-state index in [1.54, 1.807) is 18.3 Å². The molecule has 1 aromatic heterocycles. The Morgan fingerprint density at radius 3 is 2.88 bits per heavy atom. The zero-order valence-corrected chi connectivity index (χ0v) is 15.2. The van der Waals surface area contributed by atoms with Crippen LogP contribution in [0.2, 0.25) is 0 Å². The molecule has 0 unspecified atom stereocenters. The second-order valence-corrected chi connectivity index (χ2v) is 6.73. The Labute approximate surface area is 155 Å². The SMILES string of the molecule is Cc1cccc(OCC(=O)Nc2cc(F)ccc2Sc2nccn2C)c1. The predicted octanol–water partition coefficient (Wildman–Crippen LogP) is 4.04.